The topological polar surface area (TPSA) is 58.6 Å². The van der Waals surface area contributed by atoms with Gasteiger partial charge in [-0.1, -0.05) is 13.8 Å². The molecule has 2 N–H and O–H groups in total. The number of carbonyl (C=O) groups excluding carboxylic acids is 1. The lowest BCUT2D eigenvalue weighted by molar-refractivity contribution is -0.137. The Kier molecular flexibility index (Phi) is 7.39. The van der Waals surface area contributed by atoms with Crippen molar-refractivity contribution < 1.29 is 14.6 Å². The number of rotatable bonds is 7. The maximum Gasteiger partial charge on any atom is 0.249 e. The van der Waals surface area contributed by atoms with Crippen molar-refractivity contribution in [2.24, 2.45) is 5.92 Å². The van der Waals surface area contributed by atoms with Gasteiger partial charge >= 0.3 is 0 Å². The molecule has 4 nitrogen and oxygen atoms in total. The van der Waals surface area contributed by atoms with Crippen molar-refractivity contribution in [3.63, 3.8) is 0 Å². The number of ether oxygens (including phenoxy) is 1. The molecule has 0 spiro atoms. The van der Waals surface area contributed by atoms with E-state index in [1.54, 1.807) is 0 Å². The van der Waals surface area contributed by atoms with Crippen LogP contribution in [0, 0.1) is 5.92 Å². The van der Waals surface area contributed by atoms with Gasteiger partial charge in [0.15, 0.2) is 0 Å². The molecule has 1 aliphatic carbocycles. The minimum absolute atomic E-state index is 0.00187. The molecule has 0 aromatic rings. The van der Waals surface area contributed by atoms with E-state index in [9.17, 15) is 4.79 Å². The van der Waals surface area contributed by atoms with Crippen LogP contribution >= 0.6 is 0 Å². The fourth-order valence-corrected chi connectivity index (χ4v) is 2.61. The van der Waals surface area contributed by atoms with E-state index in [0.717, 1.165) is 38.5 Å². The van der Waals surface area contributed by atoms with Gasteiger partial charge in [0.2, 0.25) is 5.91 Å². The quantitative estimate of drug-likeness (QED) is 0.746. The van der Waals surface area contributed by atoms with E-state index < -0.39 is 0 Å². The van der Waals surface area contributed by atoms with Gasteiger partial charge in [-0.15, -0.1) is 0 Å². The minimum atomic E-state index is -0.378. The molecule has 1 fully saturated rings. The molecule has 19 heavy (non-hydrogen) atoms. The Morgan fingerprint density at radius 2 is 1.84 bits per heavy atom. The van der Waals surface area contributed by atoms with Gasteiger partial charge in [-0.05, 0) is 51.4 Å². The maximum atomic E-state index is 12.0. The van der Waals surface area contributed by atoms with Crippen LogP contribution in [-0.4, -0.2) is 35.9 Å². The largest absolute Gasteiger partial charge is 0.396 e. The van der Waals surface area contributed by atoms with E-state index in [0.29, 0.717) is 5.92 Å². The second-order valence-corrected chi connectivity index (χ2v) is 5.63. The molecule has 1 atom stereocenters. The molecule has 1 saturated carbocycles. The first-order valence-corrected chi connectivity index (χ1v) is 7.67. The van der Waals surface area contributed by atoms with Crippen LogP contribution in [0.25, 0.3) is 0 Å². The molecule has 1 amide bonds. The fourth-order valence-electron chi connectivity index (χ4n) is 2.61. The molecule has 1 rings (SSSR count). The molecule has 0 saturated heterocycles. The molecule has 1 unspecified atom stereocenters. The van der Waals surface area contributed by atoms with Crippen molar-refractivity contribution in [2.75, 3.05) is 6.61 Å². The maximum absolute atomic E-state index is 12.0. The van der Waals surface area contributed by atoms with Crippen LogP contribution in [0.2, 0.25) is 0 Å². The third kappa shape index (κ3) is 5.49. The lowest BCUT2D eigenvalue weighted by atomic mass is 9.88. The van der Waals surface area contributed by atoms with Gasteiger partial charge < -0.3 is 15.2 Å². The van der Waals surface area contributed by atoms with Gasteiger partial charge in [-0.3, -0.25) is 4.79 Å². The molecular weight excluding hydrogens is 242 g/mol. The van der Waals surface area contributed by atoms with Crippen LogP contribution in [-0.2, 0) is 9.53 Å². The Labute approximate surface area is 116 Å². The lowest BCUT2D eigenvalue weighted by Gasteiger charge is -2.29. The molecule has 0 aromatic heterocycles. The van der Waals surface area contributed by atoms with Crippen molar-refractivity contribution in [3.05, 3.63) is 0 Å². The van der Waals surface area contributed by atoms with Crippen LogP contribution in [0.5, 0.6) is 0 Å². The summed E-state index contributed by atoms with van der Waals surface area (Å²) >= 11 is 0. The van der Waals surface area contributed by atoms with E-state index in [1.807, 2.05) is 6.92 Å². The minimum Gasteiger partial charge on any atom is -0.396 e. The zero-order valence-corrected chi connectivity index (χ0v) is 12.5. The summed E-state index contributed by atoms with van der Waals surface area (Å²) in [6, 6.07) is 0.253. The zero-order chi connectivity index (χ0) is 14.3. The number of hydrogen-bond acceptors (Lipinski definition) is 3. The first-order chi connectivity index (χ1) is 9.10. The molecule has 1 aliphatic rings. The van der Waals surface area contributed by atoms with E-state index in [2.05, 4.69) is 19.2 Å². The average molecular weight is 271 g/mol. The van der Waals surface area contributed by atoms with Gasteiger partial charge in [0.05, 0.1) is 6.10 Å². The summed E-state index contributed by atoms with van der Waals surface area (Å²) < 4.78 is 5.84. The SMILES string of the molecule is CCC(CC)NC(=O)C(C)OC1CCC(CO)CC1. The Hall–Kier alpha value is -0.610. The van der Waals surface area contributed by atoms with Crippen molar-refractivity contribution in [2.45, 2.75) is 77.5 Å². The molecule has 4 heteroatoms. The number of aliphatic hydroxyl groups excluding tert-OH is 1. The van der Waals surface area contributed by atoms with E-state index in [-0.39, 0.29) is 30.8 Å². The summed E-state index contributed by atoms with van der Waals surface area (Å²) in [5.41, 5.74) is 0. The van der Waals surface area contributed by atoms with E-state index >= 15 is 0 Å². The second kappa shape index (κ2) is 8.54. The van der Waals surface area contributed by atoms with Crippen molar-refractivity contribution in [1.82, 2.24) is 5.32 Å². The highest BCUT2D eigenvalue weighted by Gasteiger charge is 2.25. The number of nitrogens with one attached hydrogen (secondary N) is 1. The number of aliphatic hydroxyl groups is 1. The summed E-state index contributed by atoms with van der Waals surface area (Å²) in [5, 5.41) is 12.1. The van der Waals surface area contributed by atoms with Gasteiger partial charge in [0.25, 0.3) is 0 Å². The highest BCUT2D eigenvalue weighted by atomic mass is 16.5. The van der Waals surface area contributed by atoms with Crippen LogP contribution in [0.15, 0.2) is 0 Å². The van der Waals surface area contributed by atoms with E-state index in [4.69, 9.17) is 9.84 Å². The Bertz CT molecular complexity index is 258. The molecule has 0 heterocycles. The van der Waals surface area contributed by atoms with Gasteiger partial charge in [-0.25, -0.2) is 0 Å². The van der Waals surface area contributed by atoms with Gasteiger partial charge in [-0.2, -0.15) is 0 Å². The smallest absolute Gasteiger partial charge is 0.249 e. The summed E-state index contributed by atoms with van der Waals surface area (Å²) in [6.45, 7) is 6.26. The van der Waals surface area contributed by atoms with Crippen LogP contribution in [0.1, 0.15) is 59.3 Å². The average Bonchev–Trinajstić information content (AvgIpc) is 2.45. The summed E-state index contributed by atoms with van der Waals surface area (Å²) in [5.74, 6) is 0.423. The molecule has 0 aromatic carbocycles. The van der Waals surface area contributed by atoms with Crippen molar-refractivity contribution in [3.8, 4) is 0 Å². The third-order valence-corrected chi connectivity index (χ3v) is 4.15. The van der Waals surface area contributed by atoms with Gasteiger partial charge in [0.1, 0.15) is 6.10 Å². The van der Waals surface area contributed by atoms with Gasteiger partial charge in [0, 0.05) is 12.6 Å². The van der Waals surface area contributed by atoms with Crippen molar-refractivity contribution >= 4 is 5.91 Å². The molecule has 0 bridgehead atoms. The standard InChI is InChI=1S/C15H29NO3/c1-4-13(5-2)16-15(18)11(3)19-14-8-6-12(10-17)7-9-14/h11-14,17H,4-10H2,1-3H3,(H,16,18). The predicted octanol–water partition coefficient (Wildman–Crippen LogP) is 2.25. The first-order valence-electron chi connectivity index (χ1n) is 7.67. The second-order valence-electron chi connectivity index (χ2n) is 5.63. The van der Waals surface area contributed by atoms with E-state index in [1.165, 1.54) is 0 Å². The number of hydrogen-bond donors (Lipinski definition) is 2. The first kappa shape index (κ1) is 16.4. The highest BCUT2D eigenvalue weighted by molar-refractivity contribution is 5.80. The Balaban J connectivity index is 2.30. The van der Waals surface area contributed by atoms with Crippen LogP contribution in [0.3, 0.4) is 0 Å². The molecule has 112 valence electrons. The highest BCUT2D eigenvalue weighted by Crippen LogP contribution is 2.26. The molecule has 0 radical (unpaired) electrons. The lowest BCUT2D eigenvalue weighted by Crippen LogP contribution is -2.42. The molecule has 0 aliphatic heterocycles. The monoisotopic (exact) mass is 271 g/mol. The Morgan fingerprint density at radius 3 is 2.32 bits per heavy atom. The third-order valence-electron chi connectivity index (χ3n) is 4.15. The fraction of sp³-hybridized carbons (Fsp3) is 0.933. The van der Waals surface area contributed by atoms with Crippen molar-refractivity contribution in [1.29, 1.82) is 0 Å². The summed E-state index contributed by atoms with van der Waals surface area (Å²) in [7, 11) is 0. The van der Waals surface area contributed by atoms with Crippen LogP contribution in [0.4, 0.5) is 0 Å². The summed E-state index contributed by atoms with van der Waals surface area (Å²) in [6.07, 6.45) is 5.61. The zero-order valence-electron chi connectivity index (χ0n) is 12.5. The Morgan fingerprint density at radius 1 is 1.26 bits per heavy atom. The number of amides is 1. The number of carbonyl (C=O) groups is 1. The normalized spacial score (nSPS) is 25.3. The summed E-state index contributed by atoms with van der Waals surface area (Å²) in [4.78, 5) is 12.0. The van der Waals surface area contributed by atoms with Crippen LogP contribution < -0.4 is 5.32 Å². The molecular formula is C15H29NO3. The predicted molar refractivity (Wildman–Crippen MR) is 75.9 cm³/mol.